The Bertz CT molecular complexity index is 1010. The molecule has 0 aliphatic rings. The zero-order valence-electron chi connectivity index (χ0n) is 17.0. The molecule has 0 N–H and O–H groups in total. The third kappa shape index (κ3) is 5.61. The van der Waals surface area contributed by atoms with Gasteiger partial charge in [-0.2, -0.15) is 0 Å². The van der Waals surface area contributed by atoms with Crippen molar-refractivity contribution in [2.75, 3.05) is 37.3 Å². The standard InChI is InChI=1S/C21H23Cl2N3OS2.ClH/c1-4-25(5-2)11-12-26(20(27)15-13-14(22)9-10-16(15)23)21-24-19-17(28-3)7-6-8-18(19)29-21;/h6-10,13H,4-5,11-12H2,1-3H3;1H. The number of anilines is 1. The van der Waals surface area contributed by atoms with E-state index >= 15 is 0 Å². The lowest BCUT2D eigenvalue weighted by Gasteiger charge is -2.25. The lowest BCUT2D eigenvalue weighted by atomic mass is 10.2. The molecule has 0 aliphatic heterocycles. The van der Waals surface area contributed by atoms with Gasteiger partial charge in [0.2, 0.25) is 0 Å². The van der Waals surface area contributed by atoms with E-state index in [1.807, 2.05) is 24.5 Å². The Kier molecular flexibility index (Phi) is 9.72. The number of thioether (sulfide) groups is 1. The van der Waals surface area contributed by atoms with E-state index in [2.05, 4.69) is 18.7 Å². The summed E-state index contributed by atoms with van der Waals surface area (Å²) in [5.74, 6) is -0.186. The monoisotopic (exact) mass is 503 g/mol. The van der Waals surface area contributed by atoms with Crippen LogP contribution in [0.5, 0.6) is 0 Å². The number of aromatic nitrogens is 1. The zero-order chi connectivity index (χ0) is 21.0. The maximum absolute atomic E-state index is 13.5. The minimum absolute atomic E-state index is 0. The smallest absolute Gasteiger partial charge is 0.261 e. The number of rotatable bonds is 8. The first-order valence-corrected chi connectivity index (χ1v) is 12.2. The first-order valence-electron chi connectivity index (χ1n) is 9.41. The van der Waals surface area contributed by atoms with Crippen molar-refractivity contribution in [3.8, 4) is 0 Å². The minimum atomic E-state index is -0.186. The number of carbonyl (C=O) groups excluding carboxylic acids is 1. The van der Waals surface area contributed by atoms with Gasteiger partial charge >= 0.3 is 0 Å². The molecule has 0 radical (unpaired) electrons. The number of nitrogens with zero attached hydrogens (tertiary/aromatic N) is 3. The van der Waals surface area contributed by atoms with E-state index in [9.17, 15) is 4.79 Å². The first-order chi connectivity index (χ1) is 14.0. The van der Waals surface area contributed by atoms with Crippen molar-refractivity contribution in [3.63, 3.8) is 0 Å². The van der Waals surface area contributed by atoms with Gasteiger partial charge in [0.25, 0.3) is 5.91 Å². The second-order valence-electron chi connectivity index (χ2n) is 6.41. The highest BCUT2D eigenvalue weighted by Crippen LogP contribution is 2.35. The number of benzene rings is 2. The van der Waals surface area contributed by atoms with E-state index in [0.29, 0.717) is 27.3 Å². The van der Waals surface area contributed by atoms with Crippen molar-refractivity contribution in [2.24, 2.45) is 0 Å². The van der Waals surface area contributed by atoms with Crippen LogP contribution in [-0.4, -0.2) is 48.2 Å². The molecule has 3 aromatic rings. The van der Waals surface area contributed by atoms with Gasteiger partial charge in [0.15, 0.2) is 5.13 Å². The third-order valence-electron chi connectivity index (χ3n) is 4.76. The molecule has 9 heteroatoms. The van der Waals surface area contributed by atoms with E-state index < -0.39 is 0 Å². The first kappa shape index (κ1) is 25.2. The third-order valence-corrected chi connectivity index (χ3v) is 7.14. The highest BCUT2D eigenvalue weighted by molar-refractivity contribution is 7.98. The van der Waals surface area contributed by atoms with Gasteiger partial charge in [-0.3, -0.25) is 9.69 Å². The quantitative estimate of drug-likeness (QED) is 0.318. The summed E-state index contributed by atoms with van der Waals surface area (Å²) in [6, 6.07) is 11.1. The molecule has 0 unspecified atom stereocenters. The van der Waals surface area contributed by atoms with Crippen LogP contribution in [0.15, 0.2) is 41.3 Å². The fourth-order valence-corrected chi connectivity index (χ4v) is 5.08. The van der Waals surface area contributed by atoms with Crippen LogP contribution in [0.25, 0.3) is 10.2 Å². The Labute approximate surface area is 202 Å². The van der Waals surface area contributed by atoms with Crippen molar-refractivity contribution >= 4 is 80.0 Å². The average Bonchev–Trinajstić information content (AvgIpc) is 3.16. The molecule has 1 aromatic heterocycles. The number of hydrogen-bond donors (Lipinski definition) is 0. The number of hydrogen-bond acceptors (Lipinski definition) is 5. The molecule has 0 atom stereocenters. The van der Waals surface area contributed by atoms with Gasteiger partial charge in [0, 0.05) is 23.0 Å². The topological polar surface area (TPSA) is 36.4 Å². The Morgan fingerprint density at radius 3 is 2.53 bits per heavy atom. The van der Waals surface area contributed by atoms with Crippen molar-refractivity contribution in [1.82, 2.24) is 9.88 Å². The molecule has 3 rings (SSSR count). The Morgan fingerprint density at radius 1 is 1.13 bits per heavy atom. The molecule has 162 valence electrons. The lowest BCUT2D eigenvalue weighted by molar-refractivity contribution is 0.0984. The van der Waals surface area contributed by atoms with Crippen LogP contribution in [0.3, 0.4) is 0 Å². The summed E-state index contributed by atoms with van der Waals surface area (Å²) in [6.45, 7) is 7.36. The van der Waals surface area contributed by atoms with Gasteiger partial charge in [-0.05, 0) is 49.7 Å². The summed E-state index contributed by atoms with van der Waals surface area (Å²) in [5, 5.41) is 1.54. The zero-order valence-corrected chi connectivity index (χ0v) is 21.0. The number of para-hydroxylation sites is 1. The van der Waals surface area contributed by atoms with E-state index in [1.54, 1.807) is 34.9 Å². The van der Waals surface area contributed by atoms with Crippen LogP contribution in [0.2, 0.25) is 10.0 Å². The van der Waals surface area contributed by atoms with Crippen molar-refractivity contribution in [1.29, 1.82) is 0 Å². The van der Waals surface area contributed by atoms with Crippen molar-refractivity contribution < 1.29 is 4.79 Å². The van der Waals surface area contributed by atoms with Gasteiger partial charge in [0.1, 0.15) is 0 Å². The van der Waals surface area contributed by atoms with Crippen molar-refractivity contribution in [3.05, 3.63) is 52.0 Å². The fourth-order valence-electron chi connectivity index (χ4n) is 3.06. The van der Waals surface area contributed by atoms with E-state index in [1.165, 1.54) is 11.3 Å². The molecule has 30 heavy (non-hydrogen) atoms. The van der Waals surface area contributed by atoms with Crippen molar-refractivity contribution in [2.45, 2.75) is 18.7 Å². The molecule has 0 aliphatic carbocycles. The van der Waals surface area contributed by atoms with Gasteiger partial charge in [0.05, 0.1) is 20.8 Å². The summed E-state index contributed by atoms with van der Waals surface area (Å²) in [5.41, 5.74) is 1.32. The second kappa shape index (κ2) is 11.6. The Hall–Kier alpha value is -1.02. The molecule has 0 bridgehead atoms. The number of halogens is 3. The molecule has 0 spiro atoms. The largest absolute Gasteiger partial charge is 0.302 e. The summed E-state index contributed by atoms with van der Waals surface area (Å²) >= 11 is 15.6. The summed E-state index contributed by atoms with van der Waals surface area (Å²) < 4.78 is 1.06. The molecule has 1 amide bonds. The summed E-state index contributed by atoms with van der Waals surface area (Å²) in [7, 11) is 0. The number of carbonyl (C=O) groups is 1. The summed E-state index contributed by atoms with van der Waals surface area (Å²) in [6.07, 6.45) is 2.03. The van der Waals surface area contributed by atoms with Gasteiger partial charge < -0.3 is 4.90 Å². The molecule has 0 saturated heterocycles. The average molecular weight is 505 g/mol. The maximum atomic E-state index is 13.5. The lowest BCUT2D eigenvalue weighted by Crippen LogP contribution is -2.39. The molecular formula is C21H24Cl3N3OS2. The van der Waals surface area contributed by atoms with Crippen LogP contribution < -0.4 is 4.90 Å². The van der Waals surface area contributed by atoms with Gasteiger partial charge in [-0.1, -0.05) is 54.5 Å². The maximum Gasteiger partial charge on any atom is 0.261 e. The normalized spacial score (nSPS) is 11.0. The Balaban J connectivity index is 0.00000320. The summed E-state index contributed by atoms with van der Waals surface area (Å²) in [4.78, 5) is 23.4. The van der Waals surface area contributed by atoms with E-state index in [4.69, 9.17) is 28.2 Å². The van der Waals surface area contributed by atoms with Crippen LogP contribution in [0.1, 0.15) is 24.2 Å². The van der Waals surface area contributed by atoms with Gasteiger partial charge in [-0.15, -0.1) is 24.2 Å². The predicted molar refractivity (Wildman–Crippen MR) is 135 cm³/mol. The highest BCUT2D eigenvalue weighted by atomic mass is 35.5. The van der Waals surface area contributed by atoms with Crippen LogP contribution in [0, 0.1) is 0 Å². The molecule has 4 nitrogen and oxygen atoms in total. The SMILES string of the molecule is CCN(CC)CCN(C(=O)c1cc(Cl)ccc1Cl)c1nc2c(SC)cccc2s1.Cl. The van der Waals surface area contributed by atoms with Crippen LogP contribution in [-0.2, 0) is 0 Å². The fraction of sp³-hybridized carbons (Fsp3) is 0.333. The molecular weight excluding hydrogens is 481 g/mol. The molecule has 0 saturated carbocycles. The minimum Gasteiger partial charge on any atom is -0.302 e. The number of fused-ring (bicyclic) bond motifs is 1. The second-order valence-corrected chi connectivity index (χ2v) is 9.11. The predicted octanol–water partition coefficient (Wildman–Crippen LogP) is 6.74. The van der Waals surface area contributed by atoms with E-state index in [-0.39, 0.29) is 18.3 Å². The van der Waals surface area contributed by atoms with Crippen LogP contribution in [0.4, 0.5) is 5.13 Å². The number of amides is 1. The molecule has 1 heterocycles. The molecule has 2 aromatic carbocycles. The highest BCUT2D eigenvalue weighted by Gasteiger charge is 2.24. The number of thiazole rings is 1. The Morgan fingerprint density at radius 2 is 1.87 bits per heavy atom. The van der Waals surface area contributed by atoms with E-state index in [0.717, 1.165) is 34.7 Å². The van der Waals surface area contributed by atoms with Gasteiger partial charge in [-0.25, -0.2) is 4.98 Å². The molecule has 0 fully saturated rings. The van der Waals surface area contributed by atoms with Crippen LogP contribution >= 0.6 is 58.7 Å². The number of likely N-dealkylation sites (N-methyl/N-ethyl adjacent to an activating group) is 1.